The first-order chi connectivity index (χ1) is 34.6. The van der Waals surface area contributed by atoms with Crippen molar-refractivity contribution in [3.8, 4) is 22.8 Å². The molecule has 9 heterocycles. The molecular weight excluding hydrogens is 975 g/mol. The summed E-state index contributed by atoms with van der Waals surface area (Å²) in [5.41, 5.74) is 7.87. The Kier molecular flexibility index (Phi) is 14.2. The number of pyridine rings is 6. The first-order valence-electron chi connectivity index (χ1n) is 24.0. The second kappa shape index (κ2) is 21.2. The summed E-state index contributed by atoms with van der Waals surface area (Å²) in [6.45, 7) is 10.3. The average molecular weight is 1030 g/mol. The standard InChI is InChI=1S/C29H30F2N6O.C25H22BrF2N5/c1-19-27(23-7-3-4-8-32-23)34-24-16-20(30)15-22(31)26(24)28(19)35-25-17-21(36-11-13-38-14-12-36)18-33-29(25)37-9-5-2-6-10-37;1-15-23(19-7-3-4-8-29-19)31-20-13-17(27)12-18(28)22(20)24(15)32-21-11-16(26)14-30-25(21)33-9-5-2-6-10-33/h3-4,7-8,15-18H,2,5-6,9-14H2,1H3,(H,34,35);3-4,7-8,11-14H,2,5-6,9-10H2,1H3,(H,31,32). The minimum atomic E-state index is -0.674. The molecule has 12 nitrogen and oxygen atoms in total. The average Bonchev–Trinajstić information content (AvgIpc) is 3.39. The normalized spacial score (nSPS) is 15.2. The predicted octanol–water partition coefficient (Wildman–Crippen LogP) is 12.6. The Morgan fingerprint density at radius 3 is 1.49 bits per heavy atom. The highest BCUT2D eigenvalue weighted by atomic mass is 79.9. The molecule has 0 saturated carbocycles. The minimum Gasteiger partial charge on any atom is -0.378 e. The van der Waals surface area contributed by atoms with Crippen molar-refractivity contribution in [1.29, 1.82) is 0 Å². The van der Waals surface area contributed by atoms with Crippen LogP contribution in [0.4, 0.5) is 57.6 Å². The molecule has 0 atom stereocenters. The van der Waals surface area contributed by atoms with E-state index < -0.39 is 23.3 Å². The third kappa shape index (κ3) is 10.3. The lowest BCUT2D eigenvalue weighted by atomic mass is 10.0. The van der Waals surface area contributed by atoms with Crippen LogP contribution in [-0.4, -0.2) is 82.4 Å². The third-order valence-corrected chi connectivity index (χ3v) is 13.6. The zero-order valence-electron chi connectivity index (χ0n) is 39.5. The quantitative estimate of drug-likeness (QED) is 0.134. The van der Waals surface area contributed by atoms with E-state index in [2.05, 4.69) is 72.2 Å². The summed E-state index contributed by atoms with van der Waals surface area (Å²) in [7, 11) is 0. The summed E-state index contributed by atoms with van der Waals surface area (Å²) in [6, 6.07) is 19.4. The molecular formula is C54H52BrF4N11O. The van der Waals surface area contributed by atoms with Crippen molar-refractivity contribution in [1.82, 2.24) is 29.9 Å². The Balaban J connectivity index is 0.000000166. The molecule has 3 aliphatic heterocycles. The lowest BCUT2D eigenvalue weighted by Gasteiger charge is -2.32. The van der Waals surface area contributed by atoms with Gasteiger partial charge in [0, 0.05) is 97.7 Å². The van der Waals surface area contributed by atoms with Crippen molar-refractivity contribution in [2.24, 2.45) is 0 Å². The molecule has 3 saturated heterocycles. The summed E-state index contributed by atoms with van der Waals surface area (Å²) in [6.07, 6.45) is 13.8. The van der Waals surface area contributed by atoms with E-state index in [4.69, 9.17) is 9.72 Å². The second-order valence-electron chi connectivity index (χ2n) is 17.9. The second-order valence-corrected chi connectivity index (χ2v) is 18.9. The van der Waals surface area contributed by atoms with Gasteiger partial charge in [-0.15, -0.1) is 0 Å². The van der Waals surface area contributed by atoms with Gasteiger partial charge < -0.3 is 30.1 Å². The van der Waals surface area contributed by atoms with Crippen LogP contribution in [0, 0.1) is 37.1 Å². The summed E-state index contributed by atoms with van der Waals surface area (Å²) >= 11 is 3.51. The Labute approximate surface area is 417 Å². The summed E-state index contributed by atoms with van der Waals surface area (Å²) in [5, 5.41) is 7.44. The monoisotopic (exact) mass is 1030 g/mol. The predicted molar refractivity (Wildman–Crippen MR) is 277 cm³/mol. The Morgan fingerprint density at radius 2 is 1.01 bits per heavy atom. The number of hydrogen-bond acceptors (Lipinski definition) is 12. The fraction of sp³-hybridized carbons (Fsp3) is 0.296. The number of anilines is 7. The van der Waals surface area contributed by atoms with E-state index >= 15 is 8.78 Å². The van der Waals surface area contributed by atoms with Crippen molar-refractivity contribution in [3.05, 3.63) is 136 Å². The lowest BCUT2D eigenvalue weighted by molar-refractivity contribution is 0.122. The number of rotatable bonds is 9. The number of piperidine rings is 2. The van der Waals surface area contributed by atoms with Crippen LogP contribution in [0.5, 0.6) is 0 Å². The van der Waals surface area contributed by atoms with Gasteiger partial charge in [0.05, 0.1) is 92.4 Å². The fourth-order valence-corrected chi connectivity index (χ4v) is 10.0. The van der Waals surface area contributed by atoms with E-state index in [1.807, 2.05) is 62.5 Å². The molecule has 2 aromatic carbocycles. The Hall–Kier alpha value is -6.98. The van der Waals surface area contributed by atoms with Crippen molar-refractivity contribution in [3.63, 3.8) is 0 Å². The summed E-state index contributed by atoms with van der Waals surface area (Å²) < 4.78 is 65.2. The number of nitrogens with one attached hydrogen (secondary N) is 2. The van der Waals surface area contributed by atoms with Gasteiger partial charge in [0.25, 0.3) is 0 Å². The molecule has 0 amide bonds. The lowest BCUT2D eigenvalue weighted by Crippen LogP contribution is -2.36. The van der Waals surface area contributed by atoms with Crippen LogP contribution in [0.3, 0.4) is 0 Å². The first-order valence-corrected chi connectivity index (χ1v) is 24.8. The Bertz CT molecular complexity index is 3210. The van der Waals surface area contributed by atoms with Gasteiger partial charge in [-0.3, -0.25) is 9.97 Å². The third-order valence-electron chi connectivity index (χ3n) is 13.2. The fourth-order valence-electron chi connectivity index (χ4n) is 9.67. The van der Waals surface area contributed by atoms with Gasteiger partial charge in [0.15, 0.2) is 11.6 Å². The van der Waals surface area contributed by atoms with Crippen LogP contribution in [0.2, 0.25) is 0 Å². The smallest absolute Gasteiger partial charge is 0.152 e. The highest BCUT2D eigenvalue weighted by Crippen LogP contribution is 2.42. The van der Waals surface area contributed by atoms with Crippen molar-refractivity contribution >= 4 is 77.8 Å². The number of benzene rings is 2. The molecule has 0 radical (unpaired) electrons. The van der Waals surface area contributed by atoms with Gasteiger partial charge in [-0.25, -0.2) is 37.5 Å². The van der Waals surface area contributed by atoms with E-state index in [0.717, 1.165) is 121 Å². The number of fused-ring (bicyclic) bond motifs is 2. The van der Waals surface area contributed by atoms with Crippen molar-refractivity contribution < 1.29 is 22.3 Å². The van der Waals surface area contributed by atoms with E-state index in [1.54, 1.807) is 18.6 Å². The van der Waals surface area contributed by atoms with Gasteiger partial charge in [0.1, 0.15) is 23.3 Å². The maximum atomic E-state index is 15.4. The minimum absolute atomic E-state index is 0.226. The van der Waals surface area contributed by atoms with E-state index in [0.29, 0.717) is 47.4 Å². The topological polar surface area (TPSA) is 120 Å². The van der Waals surface area contributed by atoms with Gasteiger partial charge in [-0.1, -0.05) is 12.1 Å². The molecule has 0 aliphatic carbocycles. The van der Waals surface area contributed by atoms with Crippen LogP contribution in [0.25, 0.3) is 44.6 Å². The van der Waals surface area contributed by atoms with Crippen LogP contribution in [-0.2, 0) is 4.74 Å². The molecule has 17 heteroatoms. The molecule has 3 aliphatic rings. The molecule has 364 valence electrons. The van der Waals surface area contributed by atoms with Crippen LogP contribution in [0.1, 0.15) is 49.7 Å². The maximum Gasteiger partial charge on any atom is 0.152 e. The summed E-state index contributed by atoms with van der Waals surface area (Å²) in [4.78, 5) is 34.4. The molecule has 3 fully saturated rings. The van der Waals surface area contributed by atoms with E-state index in [1.165, 1.54) is 25.0 Å². The molecule has 6 aromatic heterocycles. The van der Waals surface area contributed by atoms with Gasteiger partial charge in [0.2, 0.25) is 0 Å². The van der Waals surface area contributed by atoms with Gasteiger partial charge in [-0.05, 0) is 105 Å². The molecule has 0 bridgehead atoms. The number of halogens is 5. The zero-order valence-corrected chi connectivity index (χ0v) is 41.0. The Morgan fingerprint density at radius 1 is 0.535 bits per heavy atom. The number of ether oxygens (including phenoxy) is 1. The largest absolute Gasteiger partial charge is 0.378 e. The number of nitrogens with zero attached hydrogens (tertiary/aromatic N) is 9. The molecule has 0 spiro atoms. The van der Waals surface area contributed by atoms with Gasteiger partial charge >= 0.3 is 0 Å². The molecule has 71 heavy (non-hydrogen) atoms. The van der Waals surface area contributed by atoms with E-state index in [-0.39, 0.29) is 21.8 Å². The molecule has 8 aromatic rings. The first kappa shape index (κ1) is 47.7. The highest BCUT2D eigenvalue weighted by Gasteiger charge is 2.25. The number of morpholine rings is 1. The van der Waals surface area contributed by atoms with Crippen molar-refractivity contribution in [2.45, 2.75) is 52.4 Å². The zero-order chi connectivity index (χ0) is 49.0. The highest BCUT2D eigenvalue weighted by molar-refractivity contribution is 9.10. The number of aromatic nitrogens is 6. The van der Waals surface area contributed by atoms with Gasteiger partial charge in [-0.2, -0.15) is 0 Å². The number of hydrogen-bond donors (Lipinski definition) is 2. The molecule has 11 rings (SSSR count). The molecule has 0 unspecified atom stereocenters. The summed E-state index contributed by atoms with van der Waals surface area (Å²) in [5.74, 6) is -1.04. The van der Waals surface area contributed by atoms with Crippen LogP contribution < -0.4 is 25.3 Å². The maximum absolute atomic E-state index is 15.4. The molecule has 2 N–H and O–H groups in total. The van der Waals surface area contributed by atoms with E-state index in [9.17, 15) is 8.78 Å². The van der Waals surface area contributed by atoms with Crippen LogP contribution in [0.15, 0.2) is 102 Å². The SMILES string of the molecule is Cc1c(-c2ccccn2)nc2cc(F)cc(F)c2c1Nc1cc(Br)cnc1N1CCCCC1.Cc1c(-c2ccccn2)nc2cc(F)cc(F)c2c1Nc1cc(N2CCOCC2)cnc1N1CCCCC1. The van der Waals surface area contributed by atoms with Crippen LogP contribution >= 0.6 is 15.9 Å². The van der Waals surface area contributed by atoms with Crippen molar-refractivity contribution in [2.75, 3.05) is 77.8 Å².